The van der Waals surface area contributed by atoms with Crippen LogP contribution in [0.15, 0.2) is 30.6 Å². The summed E-state index contributed by atoms with van der Waals surface area (Å²) in [5, 5.41) is 0. The Morgan fingerprint density at radius 2 is 1.12 bits per heavy atom. The molecule has 0 aliphatic heterocycles. The molecule has 0 unspecified atom stereocenters. The Balaban J connectivity index is 0. The van der Waals surface area contributed by atoms with Gasteiger partial charge in [-0.1, -0.05) is 6.07 Å². The molecule has 0 bridgehead atoms. The number of nitrogens with zero attached hydrogens (tertiary/aromatic N) is 5. The van der Waals surface area contributed by atoms with Crippen LogP contribution in [0.1, 0.15) is 11.4 Å². The van der Waals surface area contributed by atoms with Crippen molar-refractivity contribution in [1.29, 1.82) is 0 Å². The Kier molecular flexibility index (Phi) is 10.6. The molecule has 0 aliphatic rings. The molecule has 0 saturated carbocycles. The standard InChI is InChI=1S/C15H17N5.3ClH.V/c1-10-8-16-14(19(10)3)12-6-5-7-13(18-12)15-17-9-11(2)20(15)4;;;;/h5-9H,1-4H3;3*1H;/q;;;;+3/p-3. The topological polar surface area (TPSA) is 48.5 Å². The molecule has 0 spiro atoms. The van der Waals surface area contributed by atoms with Crippen LogP contribution in [0.2, 0.25) is 0 Å². The Hall–Kier alpha value is -0.976. The number of aromatic nitrogens is 5. The van der Waals surface area contributed by atoms with E-state index in [1.165, 1.54) is 0 Å². The molecule has 0 saturated heterocycles. The van der Waals surface area contributed by atoms with E-state index in [0.29, 0.717) is 0 Å². The molecule has 0 radical (unpaired) electrons. The molecule has 0 atom stereocenters. The predicted octanol–water partition coefficient (Wildman–Crippen LogP) is -6.49. The van der Waals surface area contributed by atoms with Crippen LogP contribution < -0.4 is 37.2 Å². The van der Waals surface area contributed by atoms with Crippen molar-refractivity contribution in [2.75, 3.05) is 0 Å². The molecule has 0 aliphatic carbocycles. The maximum atomic E-state index is 4.69. The van der Waals surface area contributed by atoms with Gasteiger partial charge >= 0.3 is 18.6 Å². The number of aryl methyl sites for hydroxylation is 2. The van der Waals surface area contributed by atoms with Gasteiger partial charge in [0.25, 0.3) is 0 Å². The fourth-order valence-electron chi connectivity index (χ4n) is 2.15. The zero-order valence-electron chi connectivity index (χ0n) is 13.7. The molecule has 0 N–H and O–H groups in total. The molecule has 5 nitrogen and oxygen atoms in total. The minimum atomic E-state index is 0. The first-order valence-electron chi connectivity index (χ1n) is 6.52. The van der Waals surface area contributed by atoms with Gasteiger partial charge in [-0.15, -0.1) is 0 Å². The van der Waals surface area contributed by atoms with Gasteiger partial charge in [0.1, 0.15) is 11.4 Å². The minimum Gasteiger partial charge on any atom is -1.00 e. The third-order valence-corrected chi connectivity index (χ3v) is 3.65. The number of pyridine rings is 1. The van der Waals surface area contributed by atoms with E-state index in [2.05, 4.69) is 9.97 Å². The maximum absolute atomic E-state index is 4.69. The van der Waals surface area contributed by atoms with Crippen molar-refractivity contribution in [2.45, 2.75) is 13.8 Å². The van der Waals surface area contributed by atoms with Crippen LogP contribution in [0.4, 0.5) is 0 Å². The number of rotatable bonds is 2. The minimum absolute atomic E-state index is 0. The number of imidazole rings is 2. The van der Waals surface area contributed by atoms with E-state index in [0.717, 1.165) is 34.4 Å². The van der Waals surface area contributed by atoms with Crippen LogP contribution in [0.5, 0.6) is 0 Å². The van der Waals surface area contributed by atoms with Gasteiger partial charge in [-0.3, -0.25) is 0 Å². The van der Waals surface area contributed by atoms with Crippen LogP contribution in [0, 0.1) is 13.8 Å². The molecule has 3 rings (SSSR count). The van der Waals surface area contributed by atoms with Gasteiger partial charge in [-0.05, 0) is 26.0 Å². The van der Waals surface area contributed by atoms with Crippen molar-refractivity contribution >= 4 is 0 Å². The average Bonchev–Trinajstić information content (AvgIpc) is 2.95. The van der Waals surface area contributed by atoms with Crippen LogP contribution in [0.25, 0.3) is 23.0 Å². The van der Waals surface area contributed by atoms with Crippen molar-refractivity contribution in [1.82, 2.24) is 24.1 Å². The molecule has 9 heteroatoms. The Labute approximate surface area is 172 Å². The van der Waals surface area contributed by atoms with Crippen molar-refractivity contribution < 1.29 is 55.8 Å². The van der Waals surface area contributed by atoms with Gasteiger partial charge in [0.05, 0.1) is 0 Å². The largest absolute Gasteiger partial charge is 3.00 e. The summed E-state index contributed by atoms with van der Waals surface area (Å²) in [6, 6.07) is 5.94. The third kappa shape index (κ3) is 4.55. The summed E-state index contributed by atoms with van der Waals surface area (Å²) in [7, 11) is 3.99. The van der Waals surface area contributed by atoms with Crippen molar-refractivity contribution in [3.05, 3.63) is 42.0 Å². The van der Waals surface area contributed by atoms with Crippen LogP contribution in [-0.4, -0.2) is 24.1 Å². The van der Waals surface area contributed by atoms with Crippen molar-refractivity contribution in [3.8, 4) is 23.0 Å². The molecule has 3 aromatic heterocycles. The second kappa shape index (κ2) is 10.1. The molecule has 0 aromatic carbocycles. The Morgan fingerprint density at radius 3 is 1.42 bits per heavy atom. The van der Waals surface area contributed by atoms with E-state index in [1.54, 1.807) is 0 Å². The maximum Gasteiger partial charge on any atom is 3.00 e. The SMILES string of the molecule is Cc1cnc(-c2cccc(-c3ncc(C)n3C)n2)n1C.[Cl-].[Cl-].[Cl-].[V+3]. The smallest absolute Gasteiger partial charge is 1.00 e. The summed E-state index contributed by atoms with van der Waals surface area (Å²) in [5.74, 6) is 1.74. The molecular formula is C15H17Cl3N5V. The molecule has 3 aromatic rings. The second-order valence-corrected chi connectivity index (χ2v) is 4.97. The number of halogens is 3. The molecular weight excluding hydrogens is 408 g/mol. The zero-order chi connectivity index (χ0) is 14.3. The second-order valence-electron chi connectivity index (χ2n) is 4.97. The first kappa shape index (κ1) is 25.3. The first-order valence-corrected chi connectivity index (χ1v) is 6.52. The fourth-order valence-corrected chi connectivity index (χ4v) is 2.15. The Bertz CT molecular complexity index is 724. The number of hydrogen-bond donors (Lipinski definition) is 0. The predicted molar refractivity (Wildman–Crippen MR) is 78.1 cm³/mol. The summed E-state index contributed by atoms with van der Waals surface area (Å²) in [4.78, 5) is 13.5. The average molecular weight is 425 g/mol. The quantitative estimate of drug-likeness (QED) is 0.411. The van der Waals surface area contributed by atoms with Gasteiger partial charge < -0.3 is 46.4 Å². The molecule has 24 heavy (non-hydrogen) atoms. The normalized spacial score (nSPS) is 9.17. The third-order valence-electron chi connectivity index (χ3n) is 3.65. The van der Waals surface area contributed by atoms with Gasteiger partial charge in [0.15, 0.2) is 11.6 Å². The summed E-state index contributed by atoms with van der Waals surface area (Å²) < 4.78 is 4.07. The van der Waals surface area contributed by atoms with E-state index in [9.17, 15) is 0 Å². The van der Waals surface area contributed by atoms with Crippen LogP contribution in [0.3, 0.4) is 0 Å². The monoisotopic (exact) mass is 423 g/mol. The molecule has 0 amide bonds. The van der Waals surface area contributed by atoms with Crippen molar-refractivity contribution in [2.24, 2.45) is 14.1 Å². The van der Waals surface area contributed by atoms with Gasteiger partial charge in [0.2, 0.25) is 0 Å². The van der Waals surface area contributed by atoms with Crippen molar-refractivity contribution in [3.63, 3.8) is 0 Å². The Morgan fingerprint density at radius 1 is 0.750 bits per heavy atom. The summed E-state index contributed by atoms with van der Waals surface area (Å²) in [6.07, 6.45) is 3.71. The van der Waals surface area contributed by atoms with Gasteiger partial charge in [-0.2, -0.15) is 0 Å². The van der Waals surface area contributed by atoms with Gasteiger partial charge in [0, 0.05) is 37.9 Å². The number of hydrogen-bond acceptors (Lipinski definition) is 3. The summed E-state index contributed by atoms with van der Waals surface area (Å²) in [5.41, 5.74) is 3.94. The van der Waals surface area contributed by atoms with Gasteiger partial charge in [-0.25, -0.2) is 15.0 Å². The summed E-state index contributed by atoms with van der Waals surface area (Å²) >= 11 is 0. The summed E-state index contributed by atoms with van der Waals surface area (Å²) in [6.45, 7) is 4.06. The van der Waals surface area contributed by atoms with E-state index in [-0.39, 0.29) is 55.8 Å². The first-order chi connectivity index (χ1) is 9.58. The van der Waals surface area contributed by atoms with E-state index < -0.39 is 0 Å². The van der Waals surface area contributed by atoms with E-state index in [4.69, 9.17) is 4.98 Å². The molecule has 128 valence electrons. The van der Waals surface area contributed by atoms with Crippen LogP contribution >= 0.6 is 0 Å². The molecule has 3 heterocycles. The van der Waals surface area contributed by atoms with Crippen LogP contribution in [-0.2, 0) is 32.7 Å². The van der Waals surface area contributed by atoms with E-state index >= 15 is 0 Å². The fraction of sp³-hybridized carbons (Fsp3) is 0.267. The van der Waals surface area contributed by atoms with E-state index in [1.807, 2.05) is 67.7 Å². The zero-order valence-corrected chi connectivity index (χ0v) is 17.4. The molecule has 0 fully saturated rings.